The highest BCUT2D eigenvalue weighted by molar-refractivity contribution is 6.04. The van der Waals surface area contributed by atoms with Crippen molar-refractivity contribution in [3.63, 3.8) is 0 Å². The fourth-order valence-corrected chi connectivity index (χ4v) is 2.24. The number of nitriles is 1. The number of benzene rings is 2. The van der Waals surface area contributed by atoms with Crippen molar-refractivity contribution in [3.8, 4) is 6.07 Å². The first-order valence-electron chi connectivity index (χ1n) is 7.74. The summed E-state index contributed by atoms with van der Waals surface area (Å²) in [7, 11) is 0. The molecule has 2 rings (SSSR count). The van der Waals surface area contributed by atoms with E-state index in [9.17, 15) is 14.9 Å². The Labute approximate surface area is 141 Å². The van der Waals surface area contributed by atoms with Gasteiger partial charge in [0.05, 0.1) is 11.6 Å². The van der Waals surface area contributed by atoms with Crippen LogP contribution in [0.5, 0.6) is 0 Å². The lowest BCUT2D eigenvalue weighted by Gasteiger charge is -2.27. The zero-order valence-corrected chi connectivity index (χ0v) is 14.0. The van der Waals surface area contributed by atoms with Crippen LogP contribution in [0.25, 0.3) is 10.8 Å². The first-order valence-corrected chi connectivity index (χ1v) is 7.74. The summed E-state index contributed by atoms with van der Waals surface area (Å²) in [5, 5.41) is 13.5. The van der Waals surface area contributed by atoms with E-state index in [2.05, 4.69) is 11.4 Å². The first kappa shape index (κ1) is 17.5. The molecule has 0 unspecified atom stereocenters. The number of esters is 1. The number of hydrogen-bond donors (Lipinski definition) is 1. The molecule has 0 aromatic heterocycles. The van der Waals surface area contributed by atoms with Crippen molar-refractivity contribution < 1.29 is 14.3 Å². The predicted octanol–water partition coefficient (Wildman–Crippen LogP) is 3.05. The van der Waals surface area contributed by atoms with E-state index in [0.29, 0.717) is 5.56 Å². The Hall–Kier alpha value is -2.87. The number of nitrogens with one attached hydrogen (secondary N) is 1. The minimum absolute atomic E-state index is 0.0692. The maximum absolute atomic E-state index is 12.3. The quantitative estimate of drug-likeness (QED) is 0.857. The van der Waals surface area contributed by atoms with Crippen LogP contribution in [0.15, 0.2) is 42.5 Å². The second kappa shape index (κ2) is 7.14. The third kappa shape index (κ3) is 3.72. The van der Waals surface area contributed by atoms with E-state index in [0.717, 1.165) is 10.8 Å². The Kier molecular flexibility index (Phi) is 5.20. The maximum atomic E-state index is 12.3. The molecule has 2 aromatic rings. The van der Waals surface area contributed by atoms with Crippen LogP contribution in [-0.2, 0) is 9.53 Å². The predicted molar refractivity (Wildman–Crippen MR) is 91.2 cm³/mol. The highest BCUT2D eigenvalue weighted by Gasteiger charge is 2.30. The second-order valence-corrected chi connectivity index (χ2v) is 6.12. The molecule has 5 heteroatoms. The Bertz CT molecular complexity index is 802. The molecule has 0 aliphatic carbocycles. The summed E-state index contributed by atoms with van der Waals surface area (Å²) in [6, 6.07) is 14.9. The number of carbonyl (C=O) groups is 2. The summed E-state index contributed by atoms with van der Waals surface area (Å²) in [6.07, 6.45) is 0. The van der Waals surface area contributed by atoms with Gasteiger partial charge in [-0.25, -0.2) is 4.79 Å². The molecule has 5 nitrogen and oxygen atoms in total. The molecule has 124 valence electrons. The van der Waals surface area contributed by atoms with Crippen molar-refractivity contribution in [3.05, 3.63) is 48.0 Å². The molecule has 0 saturated heterocycles. The molecule has 0 aliphatic heterocycles. The lowest BCUT2D eigenvalue weighted by molar-refractivity contribution is -0.125. The minimum atomic E-state index is -0.997. The van der Waals surface area contributed by atoms with Crippen molar-refractivity contribution in [2.75, 3.05) is 6.61 Å². The normalized spacial score (nSPS) is 13.1. The van der Waals surface area contributed by atoms with Crippen molar-refractivity contribution in [1.29, 1.82) is 5.26 Å². The molecule has 0 heterocycles. The zero-order chi connectivity index (χ0) is 17.7. The summed E-state index contributed by atoms with van der Waals surface area (Å²) in [5.41, 5.74) is -0.587. The number of rotatable bonds is 5. The van der Waals surface area contributed by atoms with Crippen molar-refractivity contribution in [2.24, 2.45) is 5.92 Å². The lowest BCUT2D eigenvalue weighted by Crippen LogP contribution is -2.50. The molecule has 1 amide bonds. The van der Waals surface area contributed by atoms with Crippen LogP contribution in [0, 0.1) is 17.2 Å². The average Bonchev–Trinajstić information content (AvgIpc) is 2.58. The Morgan fingerprint density at radius 1 is 1.21 bits per heavy atom. The fourth-order valence-electron chi connectivity index (χ4n) is 2.24. The Morgan fingerprint density at radius 3 is 2.54 bits per heavy atom. The first-order chi connectivity index (χ1) is 11.4. The molecule has 1 N–H and O–H groups in total. The number of amides is 1. The molecular weight excluding hydrogens is 304 g/mol. The van der Waals surface area contributed by atoms with Gasteiger partial charge in [0.15, 0.2) is 6.61 Å². The van der Waals surface area contributed by atoms with E-state index >= 15 is 0 Å². The summed E-state index contributed by atoms with van der Waals surface area (Å²) < 4.78 is 5.11. The average molecular weight is 324 g/mol. The SMILES string of the molecule is CC(C)[C@@](C)(C#N)NC(=O)COC(=O)c1cccc2ccccc12. The van der Waals surface area contributed by atoms with Gasteiger partial charge in [0, 0.05) is 0 Å². The van der Waals surface area contributed by atoms with Gasteiger partial charge < -0.3 is 10.1 Å². The third-order valence-electron chi connectivity index (χ3n) is 4.13. The number of hydrogen-bond acceptors (Lipinski definition) is 4. The lowest BCUT2D eigenvalue weighted by atomic mass is 9.90. The van der Waals surface area contributed by atoms with Gasteiger partial charge in [-0.3, -0.25) is 4.79 Å². The van der Waals surface area contributed by atoms with Gasteiger partial charge >= 0.3 is 5.97 Å². The van der Waals surface area contributed by atoms with Gasteiger partial charge in [0.2, 0.25) is 0 Å². The zero-order valence-electron chi connectivity index (χ0n) is 14.0. The maximum Gasteiger partial charge on any atom is 0.339 e. The summed E-state index contributed by atoms with van der Waals surface area (Å²) in [4.78, 5) is 24.2. The monoisotopic (exact) mass is 324 g/mol. The summed E-state index contributed by atoms with van der Waals surface area (Å²) in [5.74, 6) is -1.13. The topological polar surface area (TPSA) is 79.2 Å². The highest BCUT2D eigenvalue weighted by atomic mass is 16.5. The number of carbonyl (C=O) groups excluding carboxylic acids is 2. The smallest absolute Gasteiger partial charge is 0.339 e. The van der Waals surface area contributed by atoms with Crippen LogP contribution in [-0.4, -0.2) is 24.0 Å². The molecule has 0 radical (unpaired) electrons. The van der Waals surface area contributed by atoms with E-state index < -0.39 is 24.0 Å². The van der Waals surface area contributed by atoms with Crippen LogP contribution in [0.2, 0.25) is 0 Å². The largest absolute Gasteiger partial charge is 0.452 e. The van der Waals surface area contributed by atoms with Crippen LogP contribution < -0.4 is 5.32 Å². The van der Waals surface area contributed by atoms with Crippen molar-refractivity contribution in [2.45, 2.75) is 26.3 Å². The highest BCUT2D eigenvalue weighted by Crippen LogP contribution is 2.19. The number of nitrogens with zero attached hydrogens (tertiary/aromatic N) is 1. The van der Waals surface area contributed by atoms with Crippen LogP contribution >= 0.6 is 0 Å². The van der Waals surface area contributed by atoms with Crippen LogP contribution in [0.1, 0.15) is 31.1 Å². The van der Waals surface area contributed by atoms with Gasteiger partial charge in [-0.2, -0.15) is 5.26 Å². The van der Waals surface area contributed by atoms with Gasteiger partial charge in [0.25, 0.3) is 5.91 Å². The molecule has 0 fully saturated rings. The van der Waals surface area contributed by atoms with E-state index in [4.69, 9.17) is 4.74 Å². The van der Waals surface area contributed by atoms with Gasteiger partial charge in [-0.1, -0.05) is 50.2 Å². The Balaban J connectivity index is 2.05. The van der Waals surface area contributed by atoms with Gasteiger partial charge in [-0.15, -0.1) is 0 Å². The summed E-state index contributed by atoms with van der Waals surface area (Å²) in [6.45, 7) is 4.89. The van der Waals surface area contributed by atoms with Crippen molar-refractivity contribution in [1.82, 2.24) is 5.32 Å². The molecule has 0 spiro atoms. The second-order valence-electron chi connectivity index (χ2n) is 6.12. The van der Waals surface area contributed by atoms with E-state index in [1.807, 2.05) is 44.2 Å². The standard InChI is InChI=1S/C19H20N2O3/c1-13(2)19(3,12-20)21-17(22)11-24-18(23)16-10-6-8-14-7-4-5-9-15(14)16/h4-10,13H,11H2,1-3H3,(H,21,22)/t19-/m1/s1. The van der Waals surface area contributed by atoms with Crippen LogP contribution in [0.4, 0.5) is 0 Å². The van der Waals surface area contributed by atoms with Crippen LogP contribution in [0.3, 0.4) is 0 Å². The van der Waals surface area contributed by atoms with E-state index in [1.54, 1.807) is 19.1 Å². The molecule has 24 heavy (non-hydrogen) atoms. The van der Waals surface area contributed by atoms with Crippen molar-refractivity contribution >= 4 is 22.6 Å². The third-order valence-corrected chi connectivity index (χ3v) is 4.13. The molecule has 1 atom stereocenters. The number of ether oxygens (including phenoxy) is 1. The molecule has 2 aromatic carbocycles. The molecule has 0 bridgehead atoms. The molecular formula is C19H20N2O3. The van der Waals surface area contributed by atoms with E-state index in [1.165, 1.54) is 0 Å². The molecule has 0 saturated carbocycles. The summed E-state index contributed by atoms with van der Waals surface area (Å²) >= 11 is 0. The fraction of sp³-hybridized carbons (Fsp3) is 0.316. The number of fused-ring (bicyclic) bond motifs is 1. The Morgan fingerprint density at radius 2 is 1.88 bits per heavy atom. The van der Waals surface area contributed by atoms with Gasteiger partial charge in [-0.05, 0) is 29.7 Å². The van der Waals surface area contributed by atoms with Gasteiger partial charge in [0.1, 0.15) is 5.54 Å². The molecule has 0 aliphatic rings. The minimum Gasteiger partial charge on any atom is -0.452 e. The van der Waals surface area contributed by atoms with E-state index in [-0.39, 0.29) is 5.92 Å².